The number of nitrogens with zero attached hydrogens (tertiary/aromatic N) is 1. The Hall–Kier alpha value is -2.12. The number of amides is 2. The number of ether oxygens (including phenoxy) is 1. The van der Waals surface area contributed by atoms with Gasteiger partial charge in [0.05, 0.1) is 28.3 Å². The molecule has 2 aromatic heterocycles. The Morgan fingerprint density at radius 3 is 2.62 bits per heavy atom. The number of anilines is 1. The van der Waals surface area contributed by atoms with Gasteiger partial charge in [0, 0.05) is 13.1 Å². The van der Waals surface area contributed by atoms with Crippen LogP contribution in [0, 0.1) is 6.92 Å². The molecule has 1 aliphatic heterocycles. The molecule has 3 heterocycles. The third-order valence-electron chi connectivity index (χ3n) is 3.80. The van der Waals surface area contributed by atoms with Crippen molar-refractivity contribution in [2.75, 3.05) is 18.4 Å². The van der Waals surface area contributed by atoms with E-state index in [1.54, 1.807) is 12.1 Å². The molecular weight excluding hydrogens is 328 g/mol. The number of furan rings is 1. The molecule has 0 spiro atoms. The van der Waals surface area contributed by atoms with E-state index >= 15 is 0 Å². The van der Waals surface area contributed by atoms with Crippen LogP contribution in [0.3, 0.4) is 0 Å². The van der Waals surface area contributed by atoms with E-state index in [9.17, 15) is 9.59 Å². The second-order valence-electron chi connectivity index (χ2n) is 6.02. The molecule has 1 aliphatic rings. The van der Waals surface area contributed by atoms with Crippen LogP contribution in [0.25, 0.3) is 0 Å². The summed E-state index contributed by atoms with van der Waals surface area (Å²) in [5.74, 6) is -0.100. The van der Waals surface area contributed by atoms with Crippen LogP contribution < -0.4 is 5.32 Å². The lowest BCUT2D eigenvalue weighted by molar-refractivity contribution is -0.0585. The van der Waals surface area contributed by atoms with Gasteiger partial charge in [0.15, 0.2) is 5.76 Å². The number of carbonyl (C=O) groups excluding carboxylic acids is 2. The molecule has 0 radical (unpaired) electrons. The zero-order chi connectivity index (χ0) is 17.3. The Balaban J connectivity index is 1.74. The van der Waals surface area contributed by atoms with Crippen molar-refractivity contribution >= 4 is 28.2 Å². The van der Waals surface area contributed by atoms with Gasteiger partial charge in [-0.15, -0.1) is 11.3 Å². The number of nitrogens with one attached hydrogen (secondary N) is 1. The molecule has 0 saturated carbocycles. The fraction of sp³-hybridized carbons (Fsp3) is 0.412. The standard InChI is InChI=1S/C17H20N2O4S/c1-10-7-14(18-16(20)13-5-4-6-22-13)24-15(10)17(21)19-8-11(2)23-12(3)9-19/h4-7,11-12H,8-9H2,1-3H3,(H,18,20)/t11-,12-/m0/s1. The molecule has 7 heteroatoms. The fourth-order valence-corrected chi connectivity index (χ4v) is 3.86. The largest absolute Gasteiger partial charge is 0.459 e. The number of thiophene rings is 1. The predicted molar refractivity (Wildman–Crippen MR) is 91.6 cm³/mol. The van der Waals surface area contributed by atoms with Gasteiger partial charge in [-0.3, -0.25) is 9.59 Å². The van der Waals surface area contributed by atoms with E-state index in [0.717, 1.165) is 5.56 Å². The summed E-state index contributed by atoms with van der Waals surface area (Å²) in [6.45, 7) is 6.96. The quantitative estimate of drug-likeness (QED) is 0.925. The van der Waals surface area contributed by atoms with Crippen molar-refractivity contribution in [1.82, 2.24) is 4.90 Å². The molecule has 3 rings (SSSR count). The number of aryl methyl sites for hydroxylation is 1. The highest BCUT2D eigenvalue weighted by atomic mass is 32.1. The second kappa shape index (κ2) is 6.78. The van der Waals surface area contributed by atoms with Crippen LogP contribution in [0.4, 0.5) is 5.00 Å². The van der Waals surface area contributed by atoms with Crippen molar-refractivity contribution in [3.63, 3.8) is 0 Å². The molecule has 2 aromatic rings. The number of rotatable bonds is 3. The summed E-state index contributed by atoms with van der Waals surface area (Å²) in [5, 5.41) is 3.40. The van der Waals surface area contributed by atoms with Crippen LogP contribution in [0.2, 0.25) is 0 Å². The molecule has 0 bridgehead atoms. The lowest BCUT2D eigenvalue weighted by atomic mass is 10.2. The maximum absolute atomic E-state index is 12.8. The first kappa shape index (κ1) is 16.7. The zero-order valence-electron chi connectivity index (χ0n) is 13.9. The lowest BCUT2D eigenvalue weighted by Crippen LogP contribution is -2.48. The van der Waals surface area contributed by atoms with Gasteiger partial charge in [0.2, 0.25) is 0 Å². The monoisotopic (exact) mass is 348 g/mol. The molecule has 2 amide bonds. The highest BCUT2D eigenvalue weighted by Gasteiger charge is 2.28. The van der Waals surface area contributed by atoms with E-state index in [1.807, 2.05) is 31.7 Å². The van der Waals surface area contributed by atoms with Crippen molar-refractivity contribution in [3.05, 3.63) is 40.7 Å². The summed E-state index contributed by atoms with van der Waals surface area (Å²) in [6, 6.07) is 5.06. The summed E-state index contributed by atoms with van der Waals surface area (Å²) in [7, 11) is 0. The van der Waals surface area contributed by atoms with Crippen molar-refractivity contribution in [3.8, 4) is 0 Å². The van der Waals surface area contributed by atoms with Crippen LogP contribution >= 0.6 is 11.3 Å². The van der Waals surface area contributed by atoms with Crippen molar-refractivity contribution in [1.29, 1.82) is 0 Å². The predicted octanol–water partition coefficient (Wildman–Crippen LogP) is 3.15. The molecule has 24 heavy (non-hydrogen) atoms. The number of morpholine rings is 1. The highest BCUT2D eigenvalue weighted by molar-refractivity contribution is 7.18. The van der Waals surface area contributed by atoms with E-state index < -0.39 is 0 Å². The first-order valence-electron chi connectivity index (χ1n) is 7.84. The molecule has 0 unspecified atom stereocenters. The minimum atomic E-state index is -0.325. The van der Waals surface area contributed by atoms with E-state index in [4.69, 9.17) is 9.15 Å². The van der Waals surface area contributed by atoms with Crippen LogP contribution in [-0.2, 0) is 4.74 Å². The normalized spacial score (nSPS) is 20.9. The SMILES string of the molecule is Cc1cc(NC(=O)c2ccco2)sc1C(=O)N1C[C@H](C)O[C@@H](C)C1. The van der Waals surface area contributed by atoms with Gasteiger partial charge in [-0.25, -0.2) is 0 Å². The molecule has 0 aromatic carbocycles. The van der Waals surface area contributed by atoms with Gasteiger partial charge in [0.25, 0.3) is 11.8 Å². The number of hydrogen-bond acceptors (Lipinski definition) is 5. The van der Waals surface area contributed by atoms with Gasteiger partial charge in [-0.05, 0) is 44.5 Å². The third kappa shape index (κ3) is 3.52. The van der Waals surface area contributed by atoms with Crippen LogP contribution in [0.1, 0.15) is 39.6 Å². The average molecular weight is 348 g/mol. The van der Waals surface area contributed by atoms with Gasteiger partial charge in [-0.2, -0.15) is 0 Å². The lowest BCUT2D eigenvalue weighted by Gasteiger charge is -2.35. The van der Waals surface area contributed by atoms with Crippen molar-refractivity contribution < 1.29 is 18.7 Å². The van der Waals surface area contributed by atoms with E-state index in [-0.39, 0.29) is 29.8 Å². The third-order valence-corrected chi connectivity index (χ3v) is 4.94. The highest BCUT2D eigenvalue weighted by Crippen LogP contribution is 2.29. The Bertz CT molecular complexity index is 728. The molecule has 0 aliphatic carbocycles. The van der Waals surface area contributed by atoms with Gasteiger partial charge in [-0.1, -0.05) is 0 Å². The summed E-state index contributed by atoms with van der Waals surface area (Å²) >= 11 is 1.28. The Morgan fingerprint density at radius 2 is 2.00 bits per heavy atom. The first-order chi connectivity index (χ1) is 11.4. The molecule has 128 valence electrons. The first-order valence-corrected chi connectivity index (χ1v) is 8.65. The molecule has 1 N–H and O–H groups in total. The zero-order valence-corrected chi connectivity index (χ0v) is 14.7. The van der Waals surface area contributed by atoms with Gasteiger partial charge < -0.3 is 19.4 Å². The fourth-order valence-electron chi connectivity index (χ4n) is 2.82. The number of hydrogen-bond donors (Lipinski definition) is 1. The molecular formula is C17H20N2O4S. The van der Waals surface area contributed by atoms with E-state index in [0.29, 0.717) is 23.0 Å². The summed E-state index contributed by atoms with van der Waals surface area (Å²) in [5.41, 5.74) is 0.853. The Labute approximate surface area is 144 Å². The molecule has 6 nitrogen and oxygen atoms in total. The maximum Gasteiger partial charge on any atom is 0.291 e. The second-order valence-corrected chi connectivity index (χ2v) is 7.07. The topological polar surface area (TPSA) is 71.8 Å². The Morgan fingerprint density at radius 1 is 1.29 bits per heavy atom. The maximum atomic E-state index is 12.8. The van der Waals surface area contributed by atoms with Gasteiger partial charge >= 0.3 is 0 Å². The summed E-state index contributed by atoms with van der Waals surface area (Å²) < 4.78 is 10.7. The average Bonchev–Trinajstić information content (AvgIpc) is 3.15. The van der Waals surface area contributed by atoms with Crippen molar-refractivity contribution in [2.45, 2.75) is 33.0 Å². The van der Waals surface area contributed by atoms with Crippen LogP contribution in [0.5, 0.6) is 0 Å². The Kier molecular flexibility index (Phi) is 4.73. The summed E-state index contributed by atoms with van der Waals surface area (Å²) in [4.78, 5) is 27.3. The molecule has 1 saturated heterocycles. The van der Waals surface area contributed by atoms with E-state index in [1.165, 1.54) is 17.6 Å². The molecule has 1 fully saturated rings. The smallest absolute Gasteiger partial charge is 0.291 e. The summed E-state index contributed by atoms with van der Waals surface area (Å²) in [6.07, 6.45) is 1.50. The van der Waals surface area contributed by atoms with Gasteiger partial charge in [0.1, 0.15) is 0 Å². The minimum absolute atomic E-state index is 0.0157. The van der Waals surface area contributed by atoms with Crippen LogP contribution in [0.15, 0.2) is 28.9 Å². The van der Waals surface area contributed by atoms with Crippen molar-refractivity contribution in [2.24, 2.45) is 0 Å². The van der Waals surface area contributed by atoms with E-state index in [2.05, 4.69) is 5.32 Å². The molecule has 2 atom stereocenters. The minimum Gasteiger partial charge on any atom is -0.459 e. The number of carbonyl (C=O) groups is 2. The van der Waals surface area contributed by atoms with Crippen LogP contribution in [-0.4, -0.2) is 42.0 Å².